The van der Waals surface area contributed by atoms with E-state index in [0.717, 1.165) is 24.3 Å². The van der Waals surface area contributed by atoms with Crippen molar-refractivity contribution >= 4 is 0 Å². The van der Waals surface area contributed by atoms with Gasteiger partial charge in [0.1, 0.15) is 0 Å². The van der Waals surface area contributed by atoms with Crippen molar-refractivity contribution in [1.29, 1.82) is 0 Å². The van der Waals surface area contributed by atoms with Crippen LogP contribution in [0.3, 0.4) is 0 Å². The van der Waals surface area contributed by atoms with Gasteiger partial charge in [-0.15, -0.1) is 0 Å². The molecular weight excluding hydrogens is 256 g/mol. The van der Waals surface area contributed by atoms with Crippen LogP contribution in [-0.4, -0.2) is 11.1 Å². The Bertz CT molecular complexity index is 448. The maximum atomic E-state index is 3.71. The van der Waals surface area contributed by atoms with E-state index in [1.54, 1.807) is 0 Å². The lowest BCUT2D eigenvalue weighted by Gasteiger charge is -2.23. The Balaban J connectivity index is 1.62. The van der Waals surface area contributed by atoms with Gasteiger partial charge in [-0.2, -0.15) is 0 Å². The maximum Gasteiger partial charge on any atom is 0.0358 e. The molecule has 21 heavy (non-hydrogen) atoms. The van der Waals surface area contributed by atoms with E-state index in [-0.39, 0.29) is 0 Å². The third kappa shape index (κ3) is 3.36. The van der Waals surface area contributed by atoms with E-state index in [9.17, 15) is 0 Å². The Labute approximate surface area is 130 Å². The average Bonchev–Trinajstić information content (AvgIpc) is 3.16. The minimum absolute atomic E-state index is 0.506. The third-order valence-corrected chi connectivity index (χ3v) is 5.74. The van der Waals surface area contributed by atoms with Gasteiger partial charge in [-0.05, 0) is 67.5 Å². The van der Waals surface area contributed by atoms with Crippen LogP contribution < -0.4 is 5.32 Å². The molecule has 4 atom stereocenters. The lowest BCUT2D eigenvalue weighted by atomic mass is 9.89. The third-order valence-electron chi connectivity index (χ3n) is 5.74. The highest BCUT2D eigenvalue weighted by Gasteiger charge is 2.39. The summed E-state index contributed by atoms with van der Waals surface area (Å²) in [5, 5.41) is 3.71. The lowest BCUT2D eigenvalue weighted by Crippen LogP contribution is -2.26. The van der Waals surface area contributed by atoms with Gasteiger partial charge in [0.2, 0.25) is 0 Å². The van der Waals surface area contributed by atoms with Gasteiger partial charge in [-0.1, -0.05) is 27.2 Å². The van der Waals surface area contributed by atoms with E-state index in [0.29, 0.717) is 12.0 Å². The molecule has 4 unspecified atom stereocenters. The second kappa shape index (κ2) is 6.56. The van der Waals surface area contributed by atoms with Crippen molar-refractivity contribution in [2.75, 3.05) is 6.54 Å². The second-order valence-electron chi connectivity index (χ2n) is 7.75. The number of hydrogen-bond donors (Lipinski definition) is 1. The minimum atomic E-state index is 0.506. The predicted molar refractivity (Wildman–Crippen MR) is 89.2 cm³/mol. The molecule has 1 aromatic rings. The topological polar surface area (TPSA) is 17.0 Å². The van der Waals surface area contributed by atoms with Crippen LogP contribution in [0.4, 0.5) is 0 Å². The zero-order chi connectivity index (χ0) is 14.8. The van der Waals surface area contributed by atoms with Gasteiger partial charge in [-0.3, -0.25) is 0 Å². The monoisotopic (exact) mass is 288 g/mol. The fourth-order valence-electron chi connectivity index (χ4n) is 4.67. The molecule has 118 valence electrons. The van der Waals surface area contributed by atoms with Crippen molar-refractivity contribution in [3.8, 4) is 0 Å². The van der Waals surface area contributed by atoms with Crippen LogP contribution in [0, 0.1) is 23.7 Å². The summed E-state index contributed by atoms with van der Waals surface area (Å²) in [5.74, 6) is 3.68. The van der Waals surface area contributed by atoms with Crippen LogP contribution in [0.2, 0.25) is 0 Å². The molecule has 1 N–H and O–H groups in total. The number of rotatable bonds is 7. The van der Waals surface area contributed by atoms with E-state index >= 15 is 0 Å². The van der Waals surface area contributed by atoms with Gasteiger partial charge in [0.05, 0.1) is 0 Å². The first-order valence-corrected chi connectivity index (χ1v) is 9.06. The van der Waals surface area contributed by atoms with Crippen molar-refractivity contribution in [2.45, 2.75) is 65.5 Å². The van der Waals surface area contributed by atoms with Crippen LogP contribution in [0.1, 0.15) is 64.5 Å². The van der Waals surface area contributed by atoms with Gasteiger partial charge in [-0.25, -0.2) is 0 Å². The van der Waals surface area contributed by atoms with Crippen LogP contribution in [-0.2, 0) is 6.54 Å². The van der Waals surface area contributed by atoms with Crippen LogP contribution in [0.5, 0.6) is 0 Å². The summed E-state index contributed by atoms with van der Waals surface area (Å²) in [7, 11) is 0. The predicted octanol–water partition coefficient (Wildman–Crippen LogP) is 4.62. The molecule has 2 aliphatic rings. The highest BCUT2D eigenvalue weighted by Crippen LogP contribution is 2.48. The highest BCUT2D eigenvalue weighted by molar-refractivity contribution is 5.16. The van der Waals surface area contributed by atoms with E-state index in [2.05, 4.69) is 49.1 Å². The molecule has 2 nitrogen and oxygen atoms in total. The summed E-state index contributed by atoms with van der Waals surface area (Å²) in [6, 6.07) is 2.84. The quantitative estimate of drug-likeness (QED) is 0.774. The molecule has 3 rings (SSSR count). The van der Waals surface area contributed by atoms with Gasteiger partial charge >= 0.3 is 0 Å². The zero-order valence-corrected chi connectivity index (χ0v) is 14.0. The van der Waals surface area contributed by atoms with Gasteiger partial charge < -0.3 is 9.88 Å². The fraction of sp³-hybridized carbons (Fsp3) is 0.789. The van der Waals surface area contributed by atoms with Crippen LogP contribution >= 0.6 is 0 Å². The molecule has 0 radical (unpaired) electrons. The molecular formula is C19H32N2. The molecule has 0 saturated heterocycles. The maximum absolute atomic E-state index is 3.71. The molecule has 1 heterocycles. The summed E-state index contributed by atoms with van der Waals surface area (Å²) in [4.78, 5) is 0. The molecule has 0 aliphatic heterocycles. The van der Waals surface area contributed by atoms with E-state index in [1.165, 1.54) is 44.2 Å². The molecule has 2 aliphatic carbocycles. The highest BCUT2D eigenvalue weighted by atomic mass is 15.0. The first-order valence-electron chi connectivity index (χ1n) is 9.06. The fourth-order valence-corrected chi connectivity index (χ4v) is 4.67. The summed E-state index contributed by atoms with van der Waals surface area (Å²) < 4.78 is 2.46. The largest absolute Gasteiger partial charge is 0.354 e. The number of hydrogen-bond acceptors (Lipinski definition) is 1. The Kier molecular flexibility index (Phi) is 4.73. The van der Waals surface area contributed by atoms with E-state index < -0.39 is 0 Å². The molecule has 2 saturated carbocycles. The van der Waals surface area contributed by atoms with Crippen molar-refractivity contribution in [3.05, 3.63) is 24.0 Å². The van der Waals surface area contributed by atoms with Gasteiger partial charge in [0.15, 0.2) is 0 Å². The SMILES string of the molecule is CCCNC(c1ccn(CC2CC3CCC2C3)c1)C(C)C. The Morgan fingerprint density at radius 1 is 1.29 bits per heavy atom. The molecule has 0 aromatic carbocycles. The summed E-state index contributed by atoms with van der Waals surface area (Å²) in [6.07, 6.45) is 11.9. The van der Waals surface area contributed by atoms with Gasteiger partial charge in [0, 0.05) is 25.0 Å². The summed E-state index contributed by atoms with van der Waals surface area (Å²) in [6.45, 7) is 9.24. The van der Waals surface area contributed by atoms with E-state index in [4.69, 9.17) is 0 Å². The van der Waals surface area contributed by atoms with Crippen molar-refractivity contribution in [2.24, 2.45) is 23.7 Å². The van der Waals surface area contributed by atoms with Crippen LogP contribution in [0.25, 0.3) is 0 Å². The summed E-state index contributed by atoms with van der Waals surface area (Å²) >= 11 is 0. The minimum Gasteiger partial charge on any atom is -0.354 e. The van der Waals surface area contributed by atoms with Crippen LogP contribution in [0.15, 0.2) is 18.5 Å². The van der Waals surface area contributed by atoms with Crippen molar-refractivity contribution < 1.29 is 0 Å². The first kappa shape index (κ1) is 15.1. The normalized spacial score (nSPS) is 29.4. The Hall–Kier alpha value is -0.760. The standard InChI is InChI=1S/C19H32N2/c1-4-8-20-19(14(2)3)17-7-9-21(12-17)13-18-11-15-5-6-16(18)10-15/h7,9,12,14-16,18-20H,4-6,8,10-11,13H2,1-3H3. The number of fused-ring (bicyclic) bond motifs is 2. The molecule has 2 fully saturated rings. The first-order chi connectivity index (χ1) is 10.2. The number of aromatic nitrogens is 1. The van der Waals surface area contributed by atoms with Gasteiger partial charge in [0.25, 0.3) is 0 Å². The molecule has 2 heteroatoms. The average molecular weight is 288 g/mol. The van der Waals surface area contributed by atoms with Crippen molar-refractivity contribution in [1.82, 2.24) is 9.88 Å². The van der Waals surface area contributed by atoms with Crippen molar-refractivity contribution in [3.63, 3.8) is 0 Å². The Morgan fingerprint density at radius 2 is 2.14 bits per heavy atom. The lowest BCUT2D eigenvalue weighted by molar-refractivity contribution is 0.295. The Morgan fingerprint density at radius 3 is 2.76 bits per heavy atom. The zero-order valence-electron chi connectivity index (χ0n) is 14.0. The second-order valence-corrected chi connectivity index (χ2v) is 7.75. The summed E-state index contributed by atoms with van der Waals surface area (Å²) in [5.41, 5.74) is 1.47. The van der Waals surface area contributed by atoms with E-state index in [1.807, 2.05) is 0 Å². The molecule has 1 aromatic heterocycles. The molecule has 2 bridgehead atoms. The molecule has 0 spiro atoms. The number of nitrogens with zero attached hydrogens (tertiary/aromatic N) is 1. The number of nitrogens with one attached hydrogen (secondary N) is 1. The smallest absolute Gasteiger partial charge is 0.0358 e. The molecule has 0 amide bonds.